The number of nitrogens with one attached hydrogen (secondary N) is 2. The number of carbonyl (C=O) groups is 2. The Kier molecular flexibility index (Phi) is 3.58. The summed E-state index contributed by atoms with van der Waals surface area (Å²) in [6, 6.07) is 10.0. The zero-order valence-electron chi connectivity index (χ0n) is 11.3. The lowest BCUT2D eigenvalue weighted by molar-refractivity contribution is -0.126. The molecule has 2 aliphatic heterocycles. The van der Waals surface area contributed by atoms with Crippen LogP contribution in [-0.4, -0.2) is 37.0 Å². The fourth-order valence-corrected chi connectivity index (χ4v) is 2.86. The van der Waals surface area contributed by atoms with Gasteiger partial charge in [0.2, 0.25) is 11.8 Å². The summed E-state index contributed by atoms with van der Waals surface area (Å²) in [5.41, 5.74) is 1.19. The number of anilines is 1. The molecule has 20 heavy (non-hydrogen) atoms. The molecule has 1 aromatic rings. The molecule has 3 rings (SSSR count). The lowest BCUT2D eigenvalue weighted by Gasteiger charge is -2.20. The summed E-state index contributed by atoms with van der Waals surface area (Å²) < 4.78 is 0. The number of nitrogens with zero attached hydrogens (tertiary/aromatic N) is 1. The third kappa shape index (κ3) is 2.76. The first-order chi connectivity index (χ1) is 9.72. The van der Waals surface area contributed by atoms with Crippen molar-refractivity contribution in [3.8, 4) is 0 Å². The maximum atomic E-state index is 12.0. The van der Waals surface area contributed by atoms with Gasteiger partial charge in [-0.3, -0.25) is 9.59 Å². The van der Waals surface area contributed by atoms with Crippen LogP contribution in [0.25, 0.3) is 0 Å². The van der Waals surface area contributed by atoms with E-state index in [0.29, 0.717) is 12.8 Å². The second-order valence-electron chi connectivity index (χ2n) is 5.43. The normalized spacial score (nSPS) is 25.6. The molecule has 0 aromatic heterocycles. The molecule has 2 fully saturated rings. The molecule has 0 radical (unpaired) electrons. The minimum absolute atomic E-state index is 0.0255. The van der Waals surface area contributed by atoms with E-state index >= 15 is 0 Å². The van der Waals surface area contributed by atoms with Crippen LogP contribution in [0.4, 0.5) is 5.69 Å². The molecule has 0 saturated carbocycles. The molecule has 2 saturated heterocycles. The van der Waals surface area contributed by atoms with Gasteiger partial charge in [-0.05, 0) is 25.0 Å². The molecule has 5 nitrogen and oxygen atoms in total. The van der Waals surface area contributed by atoms with Crippen LogP contribution in [0, 0.1) is 0 Å². The number of carbonyl (C=O) groups excluding carboxylic acids is 2. The third-order valence-corrected chi connectivity index (χ3v) is 3.97. The summed E-state index contributed by atoms with van der Waals surface area (Å²) in [4.78, 5) is 25.5. The van der Waals surface area contributed by atoms with Crippen molar-refractivity contribution in [1.29, 1.82) is 0 Å². The van der Waals surface area contributed by atoms with Crippen LogP contribution in [0.3, 0.4) is 0 Å². The molecular formula is C15H19N3O2. The number of hydrogen-bond donors (Lipinski definition) is 2. The predicted octanol–water partition coefficient (Wildman–Crippen LogP) is 0.660. The van der Waals surface area contributed by atoms with E-state index in [2.05, 4.69) is 27.7 Å². The summed E-state index contributed by atoms with van der Waals surface area (Å²) in [7, 11) is 0. The molecule has 2 aliphatic rings. The minimum atomic E-state index is -0.340. The van der Waals surface area contributed by atoms with Gasteiger partial charge in [-0.25, -0.2) is 0 Å². The fraction of sp³-hybridized carbons (Fsp3) is 0.467. The van der Waals surface area contributed by atoms with Gasteiger partial charge in [0.05, 0.1) is 0 Å². The highest BCUT2D eigenvalue weighted by Crippen LogP contribution is 2.20. The molecule has 106 valence electrons. The fourth-order valence-electron chi connectivity index (χ4n) is 2.86. The van der Waals surface area contributed by atoms with E-state index < -0.39 is 0 Å². The van der Waals surface area contributed by atoms with Gasteiger partial charge in [-0.1, -0.05) is 18.2 Å². The van der Waals surface area contributed by atoms with Crippen molar-refractivity contribution in [2.24, 2.45) is 0 Å². The van der Waals surface area contributed by atoms with E-state index in [9.17, 15) is 9.59 Å². The second-order valence-corrected chi connectivity index (χ2v) is 5.43. The van der Waals surface area contributed by atoms with Gasteiger partial charge < -0.3 is 15.5 Å². The topological polar surface area (TPSA) is 61.4 Å². The number of benzene rings is 1. The Hall–Kier alpha value is -2.04. The highest BCUT2D eigenvalue weighted by atomic mass is 16.2. The average molecular weight is 273 g/mol. The number of rotatable bonds is 3. The number of para-hydroxylation sites is 1. The summed E-state index contributed by atoms with van der Waals surface area (Å²) >= 11 is 0. The largest absolute Gasteiger partial charge is 0.369 e. The van der Waals surface area contributed by atoms with Crippen LogP contribution in [0.5, 0.6) is 0 Å². The molecule has 2 atom stereocenters. The lowest BCUT2D eigenvalue weighted by Crippen LogP contribution is -2.46. The summed E-state index contributed by atoms with van der Waals surface area (Å²) in [6.45, 7) is 1.78. The van der Waals surface area contributed by atoms with Gasteiger partial charge >= 0.3 is 0 Å². The van der Waals surface area contributed by atoms with Crippen LogP contribution in [-0.2, 0) is 9.59 Å². The molecule has 0 aliphatic carbocycles. The molecule has 0 spiro atoms. The Labute approximate surface area is 118 Å². The Morgan fingerprint density at radius 2 is 2.05 bits per heavy atom. The Morgan fingerprint density at radius 1 is 1.25 bits per heavy atom. The SMILES string of the molecule is O=C1CCC(C(=O)NC2CCN(c3ccccc3)C2)N1. The van der Waals surface area contributed by atoms with E-state index in [-0.39, 0.29) is 23.9 Å². The molecule has 2 N–H and O–H groups in total. The van der Waals surface area contributed by atoms with Crippen molar-refractivity contribution in [1.82, 2.24) is 10.6 Å². The summed E-state index contributed by atoms with van der Waals surface area (Å²) in [5, 5.41) is 5.75. The van der Waals surface area contributed by atoms with E-state index in [4.69, 9.17) is 0 Å². The van der Waals surface area contributed by atoms with Crippen molar-refractivity contribution < 1.29 is 9.59 Å². The molecule has 0 bridgehead atoms. The molecule has 2 unspecified atom stereocenters. The highest BCUT2D eigenvalue weighted by Gasteiger charge is 2.30. The molecule has 2 amide bonds. The van der Waals surface area contributed by atoms with Gasteiger partial charge in [0.25, 0.3) is 0 Å². The lowest BCUT2D eigenvalue weighted by atomic mass is 10.2. The smallest absolute Gasteiger partial charge is 0.242 e. The van der Waals surface area contributed by atoms with Crippen LogP contribution < -0.4 is 15.5 Å². The van der Waals surface area contributed by atoms with E-state index in [1.807, 2.05) is 18.2 Å². The zero-order valence-corrected chi connectivity index (χ0v) is 11.3. The van der Waals surface area contributed by atoms with Gasteiger partial charge in [0.15, 0.2) is 0 Å². The third-order valence-electron chi connectivity index (χ3n) is 3.97. The highest BCUT2D eigenvalue weighted by molar-refractivity contribution is 5.90. The summed E-state index contributed by atoms with van der Waals surface area (Å²) in [6.07, 6.45) is 2.01. The predicted molar refractivity (Wildman–Crippen MR) is 76.4 cm³/mol. The molecule has 1 aromatic carbocycles. The van der Waals surface area contributed by atoms with Crippen molar-refractivity contribution in [3.05, 3.63) is 30.3 Å². The van der Waals surface area contributed by atoms with Gasteiger partial charge in [0.1, 0.15) is 6.04 Å². The van der Waals surface area contributed by atoms with Crippen molar-refractivity contribution >= 4 is 17.5 Å². The van der Waals surface area contributed by atoms with Crippen molar-refractivity contribution in [3.63, 3.8) is 0 Å². The monoisotopic (exact) mass is 273 g/mol. The van der Waals surface area contributed by atoms with Gasteiger partial charge in [-0.2, -0.15) is 0 Å². The molecule has 2 heterocycles. The van der Waals surface area contributed by atoms with E-state index in [1.54, 1.807) is 0 Å². The first kappa shape index (κ1) is 13.0. The average Bonchev–Trinajstić information content (AvgIpc) is 3.09. The Balaban J connectivity index is 1.53. The van der Waals surface area contributed by atoms with Gasteiger partial charge in [0, 0.05) is 31.2 Å². The first-order valence-corrected chi connectivity index (χ1v) is 7.12. The van der Waals surface area contributed by atoms with E-state index in [1.165, 1.54) is 5.69 Å². The standard InChI is InChI=1S/C15H19N3O2/c19-14-7-6-13(17-14)15(20)16-11-8-9-18(10-11)12-4-2-1-3-5-12/h1-5,11,13H,6-10H2,(H,16,20)(H,17,19). The van der Waals surface area contributed by atoms with Gasteiger partial charge in [-0.15, -0.1) is 0 Å². The Morgan fingerprint density at radius 3 is 2.75 bits per heavy atom. The maximum absolute atomic E-state index is 12.0. The van der Waals surface area contributed by atoms with Crippen LogP contribution >= 0.6 is 0 Å². The van der Waals surface area contributed by atoms with Crippen molar-refractivity contribution in [2.45, 2.75) is 31.3 Å². The molecular weight excluding hydrogens is 254 g/mol. The summed E-state index contributed by atoms with van der Waals surface area (Å²) in [5.74, 6) is -0.0711. The second kappa shape index (κ2) is 5.53. The molecule has 5 heteroatoms. The van der Waals surface area contributed by atoms with Crippen LogP contribution in [0.15, 0.2) is 30.3 Å². The minimum Gasteiger partial charge on any atom is -0.369 e. The quantitative estimate of drug-likeness (QED) is 0.850. The van der Waals surface area contributed by atoms with Crippen molar-refractivity contribution in [2.75, 3.05) is 18.0 Å². The zero-order chi connectivity index (χ0) is 13.9. The van der Waals surface area contributed by atoms with Crippen LogP contribution in [0.2, 0.25) is 0 Å². The van der Waals surface area contributed by atoms with Crippen LogP contribution in [0.1, 0.15) is 19.3 Å². The Bertz CT molecular complexity index is 503. The first-order valence-electron chi connectivity index (χ1n) is 7.12. The van der Waals surface area contributed by atoms with E-state index in [0.717, 1.165) is 19.5 Å². The number of hydrogen-bond acceptors (Lipinski definition) is 3. The number of amides is 2. The maximum Gasteiger partial charge on any atom is 0.242 e.